The number of hydrogen-bond acceptors (Lipinski definition) is 4. The van der Waals surface area contributed by atoms with Crippen molar-refractivity contribution in [1.29, 1.82) is 0 Å². The third-order valence-corrected chi connectivity index (χ3v) is 10.9. The molecule has 2 heterocycles. The van der Waals surface area contributed by atoms with Crippen LogP contribution in [0.25, 0.3) is 0 Å². The highest BCUT2D eigenvalue weighted by molar-refractivity contribution is 6.67. The second-order valence-corrected chi connectivity index (χ2v) is 14.5. The number of ether oxygens (including phenoxy) is 2. The van der Waals surface area contributed by atoms with Crippen molar-refractivity contribution in [1.82, 2.24) is 9.80 Å². The van der Waals surface area contributed by atoms with E-state index in [4.69, 9.17) is 44.3 Å². The Kier molecular flexibility index (Phi) is 5.19. The predicted octanol–water partition coefficient (Wildman–Crippen LogP) is 5.58. The number of likely N-dealkylation sites (tertiary alicyclic amines) is 2. The number of halogens is 3. The molecule has 6 atom stereocenters. The molecule has 8 heteroatoms. The van der Waals surface area contributed by atoms with E-state index in [1.807, 2.05) is 4.90 Å². The van der Waals surface area contributed by atoms with Crippen LogP contribution >= 0.6 is 34.8 Å². The average Bonchev–Trinajstić information content (AvgIpc) is 3.51. The number of amides is 1. The zero-order chi connectivity index (χ0) is 24.2. The summed E-state index contributed by atoms with van der Waals surface area (Å²) >= 11 is 17.6. The number of carbonyl (C=O) groups excluding carboxylic acids is 1. The molecule has 1 aromatic rings. The van der Waals surface area contributed by atoms with E-state index in [1.54, 1.807) is 7.11 Å². The fourth-order valence-corrected chi connectivity index (χ4v) is 9.66. The lowest BCUT2D eigenvalue weighted by Gasteiger charge is -2.66. The highest BCUT2D eigenvalue weighted by Gasteiger charge is 2.76. The molecule has 3 saturated carbocycles. The van der Waals surface area contributed by atoms with E-state index in [9.17, 15) is 4.79 Å². The van der Waals surface area contributed by atoms with Gasteiger partial charge in [-0.25, -0.2) is 4.79 Å². The van der Waals surface area contributed by atoms with Crippen LogP contribution in [0, 0.1) is 23.2 Å². The number of piperidine rings is 1. The maximum absolute atomic E-state index is 13.2. The van der Waals surface area contributed by atoms with Gasteiger partial charge >= 0.3 is 6.09 Å². The lowest BCUT2D eigenvalue weighted by atomic mass is 9.43. The summed E-state index contributed by atoms with van der Waals surface area (Å²) in [5.74, 6) is 2.79. The Bertz CT molecular complexity index is 1060. The molecular weight excluding hydrogens is 507 g/mol. The predicted molar refractivity (Wildman–Crippen MR) is 136 cm³/mol. The maximum Gasteiger partial charge on any atom is 0.410 e. The van der Waals surface area contributed by atoms with E-state index in [0.717, 1.165) is 37.6 Å². The van der Waals surface area contributed by atoms with Gasteiger partial charge in [0.15, 0.2) is 0 Å². The summed E-state index contributed by atoms with van der Waals surface area (Å²) < 4.78 is 9.61. The molecule has 35 heavy (non-hydrogen) atoms. The Morgan fingerprint density at radius 3 is 2.77 bits per heavy atom. The molecule has 2 unspecified atom stereocenters. The minimum atomic E-state index is -1.59. The molecule has 0 N–H and O–H groups in total. The van der Waals surface area contributed by atoms with Crippen LogP contribution in [0.4, 0.5) is 4.79 Å². The second kappa shape index (κ2) is 7.82. The van der Waals surface area contributed by atoms with Crippen molar-refractivity contribution in [3.8, 4) is 5.75 Å². The fraction of sp³-hybridized carbons (Fsp3) is 0.741. The molecule has 0 radical (unpaired) electrons. The molecule has 5 nitrogen and oxygen atoms in total. The normalized spacial score (nSPS) is 39.3. The molecule has 0 spiro atoms. The van der Waals surface area contributed by atoms with Crippen LogP contribution in [0.15, 0.2) is 18.2 Å². The molecule has 2 saturated heterocycles. The minimum Gasteiger partial charge on any atom is -0.497 e. The first-order valence-corrected chi connectivity index (χ1v) is 14.3. The Morgan fingerprint density at radius 2 is 2.03 bits per heavy atom. The number of rotatable bonds is 4. The van der Waals surface area contributed by atoms with Crippen LogP contribution in [-0.4, -0.2) is 65.1 Å². The summed E-state index contributed by atoms with van der Waals surface area (Å²) in [6.07, 6.45) is 8.19. The van der Waals surface area contributed by atoms with Crippen molar-refractivity contribution in [3.05, 3.63) is 29.3 Å². The number of carbonyl (C=O) groups is 1. The van der Waals surface area contributed by atoms with Crippen LogP contribution in [0.3, 0.4) is 0 Å². The summed E-state index contributed by atoms with van der Waals surface area (Å²) in [5, 5.41) is 0. The van der Waals surface area contributed by atoms with Gasteiger partial charge in [-0.05, 0) is 97.9 Å². The molecule has 4 bridgehead atoms. The summed E-state index contributed by atoms with van der Waals surface area (Å²) in [7, 11) is 1.76. The summed E-state index contributed by atoms with van der Waals surface area (Å²) in [5.41, 5.74) is 3.38. The monoisotopic (exact) mass is 538 g/mol. The molecule has 5 fully saturated rings. The first-order valence-electron chi connectivity index (χ1n) is 13.2. The Balaban J connectivity index is 1.29. The number of methoxy groups -OCH3 is 1. The van der Waals surface area contributed by atoms with E-state index in [1.165, 1.54) is 49.8 Å². The molecule has 7 rings (SSSR count). The Labute approximate surface area is 222 Å². The van der Waals surface area contributed by atoms with Crippen LogP contribution < -0.4 is 4.74 Å². The summed E-state index contributed by atoms with van der Waals surface area (Å²) in [4.78, 5) is 18.0. The van der Waals surface area contributed by atoms with E-state index in [-0.39, 0.29) is 24.2 Å². The van der Waals surface area contributed by atoms with Gasteiger partial charge in [0, 0.05) is 30.6 Å². The van der Waals surface area contributed by atoms with E-state index < -0.39 is 3.79 Å². The quantitative estimate of drug-likeness (QED) is 0.469. The van der Waals surface area contributed by atoms with Crippen molar-refractivity contribution >= 4 is 40.9 Å². The molecule has 6 aliphatic rings. The molecule has 2 aliphatic heterocycles. The molecule has 0 aromatic heterocycles. The van der Waals surface area contributed by atoms with Gasteiger partial charge in [-0.3, -0.25) is 4.90 Å². The second-order valence-electron chi connectivity index (χ2n) is 12.0. The molecular formula is C27H33Cl3N2O3. The van der Waals surface area contributed by atoms with Gasteiger partial charge in [-0.2, -0.15) is 0 Å². The van der Waals surface area contributed by atoms with Gasteiger partial charge in [-0.1, -0.05) is 40.9 Å². The zero-order valence-corrected chi connectivity index (χ0v) is 22.4. The van der Waals surface area contributed by atoms with E-state index in [2.05, 4.69) is 23.1 Å². The van der Waals surface area contributed by atoms with Gasteiger partial charge in [0.2, 0.25) is 3.79 Å². The minimum absolute atomic E-state index is 0.0949. The third-order valence-electron chi connectivity index (χ3n) is 10.6. The number of alkyl halides is 3. The summed E-state index contributed by atoms with van der Waals surface area (Å²) in [6.45, 7) is 2.96. The van der Waals surface area contributed by atoms with Crippen molar-refractivity contribution in [2.24, 2.45) is 23.2 Å². The molecule has 1 aromatic carbocycles. The van der Waals surface area contributed by atoms with Gasteiger partial charge in [0.25, 0.3) is 0 Å². The highest BCUT2D eigenvalue weighted by atomic mass is 35.6. The topological polar surface area (TPSA) is 42.0 Å². The molecule has 190 valence electrons. The number of nitrogens with zero attached hydrogens (tertiary/aromatic N) is 2. The van der Waals surface area contributed by atoms with Crippen LogP contribution in [-0.2, 0) is 16.6 Å². The van der Waals surface area contributed by atoms with Crippen molar-refractivity contribution in [3.63, 3.8) is 0 Å². The average molecular weight is 540 g/mol. The fourth-order valence-electron chi connectivity index (χ4n) is 9.50. The van der Waals surface area contributed by atoms with E-state index in [0.29, 0.717) is 23.3 Å². The maximum atomic E-state index is 13.2. The Hall–Kier alpha value is -0.880. The smallest absolute Gasteiger partial charge is 0.410 e. The van der Waals surface area contributed by atoms with Gasteiger partial charge in [0.05, 0.1) is 7.11 Å². The standard InChI is InChI=1S/C27H33Cl3N2O3/c1-34-19-5-4-17-10-22-25-7-6-21-23(18(12-25)14-32(21)24(33)35-15-27(28,29)30)26(25,20(17)11-19)8-9-31(22)13-16-2-3-16/h4-5,11,16,18,21-23H,2-3,6-10,12-15H2,1H3/t18-,21?,22-,23?,25-,26+/m1/s1. The third kappa shape index (κ3) is 3.26. The number of hydrogen-bond donors (Lipinski definition) is 0. The highest BCUT2D eigenvalue weighted by Crippen LogP contribution is 2.75. The molecule has 4 aliphatic carbocycles. The summed E-state index contributed by atoms with van der Waals surface area (Å²) in [6, 6.07) is 7.58. The first-order chi connectivity index (χ1) is 16.8. The molecule has 1 amide bonds. The van der Waals surface area contributed by atoms with Gasteiger partial charge in [0.1, 0.15) is 12.4 Å². The lowest BCUT2D eigenvalue weighted by Crippen LogP contribution is -2.70. The van der Waals surface area contributed by atoms with Crippen LogP contribution in [0.5, 0.6) is 5.75 Å². The van der Waals surface area contributed by atoms with Crippen molar-refractivity contribution in [2.45, 2.75) is 66.2 Å². The Morgan fingerprint density at radius 1 is 1.20 bits per heavy atom. The van der Waals surface area contributed by atoms with Crippen molar-refractivity contribution < 1.29 is 14.3 Å². The van der Waals surface area contributed by atoms with Gasteiger partial charge in [-0.15, -0.1) is 0 Å². The SMILES string of the molecule is COc1ccc2c(c1)[C@]13CCN(CC4CC4)[C@H](C2)[C@]12CCC1C3[C@@H](CN1C(=O)OCC(Cl)(Cl)Cl)C2. The van der Waals surface area contributed by atoms with Crippen LogP contribution in [0.2, 0.25) is 0 Å². The van der Waals surface area contributed by atoms with Crippen molar-refractivity contribution in [2.75, 3.05) is 33.4 Å². The van der Waals surface area contributed by atoms with E-state index >= 15 is 0 Å². The van der Waals surface area contributed by atoms with Crippen LogP contribution in [0.1, 0.15) is 49.7 Å². The first kappa shape index (κ1) is 23.3. The van der Waals surface area contributed by atoms with Gasteiger partial charge < -0.3 is 14.4 Å². The number of benzene rings is 1. The lowest BCUT2D eigenvalue weighted by molar-refractivity contribution is -0.103. The zero-order valence-electron chi connectivity index (χ0n) is 20.2. The number of fused-ring (bicyclic) bond motifs is 1. The largest absolute Gasteiger partial charge is 0.497 e.